The predicted octanol–water partition coefficient (Wildman–Crippen LogP) is 3.17. The van der Waals surface area contributed by atoms with E-state index in [2.05, 4.69) is 30.9 Å². The molecule has 5 nitrogen and oxygen atoms in total. The lowest BCUT2D eigenvalue weighted by Gasteiger charge is -2.30. The van der Waals surface area contributed by atoms with Crippen LogP contribution in [0.4, 0.5) is 13.2 Å². The van der Waals surface area contributed by atoms with Crippen LogP contribution in [-0.4, -0.2) is 54.7 Å². The van der Waals surface area contributed by atoms with Crippen LogP contribution < -0.4 is 10.6 Å². The Kier molecular flexibility index (Phi) is 8.15. The zero-order chi connectivity index (χ0) is 19.0. The number of aryl methyl sites for hydroxylation is 1. The fourth-order valence-electron chi connectivity index (χ4n) is 2.92. The van der Waals surface area contributed by atoms with Gasteiger partial charge in [0.05, 0.1) is 17.1 Å². The predicted molar refractivity (Wildman–Crippen MR) is 99.5 cm³/mol. The highest BCUT2D eigenvalue weighted by Crippen LogP contribution is 2.20. The molecule has 0 aromatic carbocycles. The normalized spacial score (nSPS) is 17.5. The number of alkyl halides is 3. The van der Waals surface area contributed by atoms with Gasteiger partial charge in [-0.3, -0.25) is 9.89 Å². The topological polar surface area (TPSA) is 52.6 Å². The van der Waals surface area contributed by atoms with Crippen molar-refractivity contribution in [3.05, 3.63) is 16.1 Å². The van der Waals surface area contributed by atoms with Crippen molar-refractivity contribution in [2.45, 2.75) is 45.8 Å². The molecule has 9 heteroatoms. The Balaban J connectivity index is 1.72. The van der Waals surface area contributed by atoms with Crippen molar-refractivity contribution in [2.75, 3.05) is 32.7 Å². The van der Waals surface area contributed by atoms with Gasteiger partial charge in [-0.15, -0.1) is 11.3 Å². The zero-order valence-corrected chi connectivity index (χ0v) is 16.2. The summed E-state index contributed by atoms with van der Waals surface area (Å²) in [6.45, 7) is 7.95. The molecule has 0 saturated carbocycles. The van der Waals surface area contributed by atoms with Gasteiger partial charge in [-0.05, 0) is 45.7 Å². The molecule has 1 aliphatic heterocycles. The minimum atomic E-state index is -4.15. The van der Waals surface area contributed by atoms with Crippen LogP contribution in [0.5, 0.6) is 0 Å². The van der Waals surface area contributed by atoms with E-state index in [0.717, 1.165) is 43.2 Å². The van der Waals surface area contributed by atoms with E-state index in [4.69, 9.17) is 0 Å². The summed E-state index contributed by atoms with van der Waals surface area (Å²) >= 11 is 1.68. The molecule has 1 aliphatic rings. The van der Waals surface area contributed by atoms with E-state index in [0.29, 0.717) is 25.0 Å². The van der Waals surface area contributed by atoms with Crippen LogP contribution in [0.15, 0.2) is 10.4 Å². The quantitative estimate of drug-likeness (QED) is 0.554. The highest BCUT2D eigenvalue weighted by Gasteiger charge is 2.26. The highest BCUT2D eigenvalue weighted by atomic mass is 32.1. The third-order valence-electron chi connectivity index (χ3n) is 4.31. The minimum absolute atomic E-state index is 0.152. The summed E-state index contributed by atoms with van der Waals surface area (Å²) in [6.07, 6.45) is -2.90. The molecule has 0 aliphatic carbocycles. The molecule has 0 unspecified atom stereocenters. The average Bonchev–Trinajstić information content (AvgIpc) is 2.98. The smallest absolute Gasteiger partial charge is 0.357 e. The standard InChI is InChI=1S/C17H28F3N5S/c1-3-21-16(22-7-6-17(18,19)20)23-10-14-4-8-25(9-5-14)11-15-12-26-13(2)24-15/h12,14H,3-11H2,1-2H3,(H2,21,22,23). The number of aliphatic imine (C=N–C) groups is 1. The number of guanidine groups is 1. The maximum Gasteiger partial charge on any atom is 0.390 e. The first-order valence-electron chi connectivity index (χ1n) is 9.08. The molecule has 26 heavy (non-hydrogen) atoms. The molecule has 1 aromatic heterocycles. The van der Waals surface area contributed by atoms with E-state index in [9.17, 15) is 13.2 Å². The van der Waals surface area contributed by atoms with Gasteiger partial charge in [0, 0.05) is 31.6 Å². The number of thiazole rings is 1. The summed E-state index contributed by atoms with van der Waals surface area (Å²) < 4.78 is 36.8. The zero-order valence-electron chi connectivity index (χ0n) is 15.4. The Hall–Kier alpha value is -1.35. The molecule has 148 valence electrons. The van der Waals surface area contributed by atoms with E-state index >= 15 is 0 Å². The molecule has 1 fully saturated rings. The summed E-state index contributed by atoms with van der Waals surface area (Å²) in [7, 11) is 0. The Bertz CT molecular complexity index is 565. The number of aromatic nitrogens is 1. The number of likely N-dealkylation sites (tertiary alicyclic amines) is 1. The molecule has 0 radical (unpaired) electrons. The van der Waals surface area contributed by atoms with Crippen LogP contribution in [-0.2, 0) is 6.54 Å². The molecule has 2 heterocycles. The van der Waals surface area contributed by atoms with Crippen molar-refractivity contribution >= 4 is 17.3 Å². The minimum Gasteiger partial charge on any atom is -0.357 e. The second-order valence-electron chi connectivity index (χ2n) is 6.59. The number of piperidine rings is 1. The van der Waals surface area contributed by atoms with E-state index in [1.807, 2.05) is 13.8 Å². The summed E-state index contributed by atoms with van der Waals surface area (Å²) in [5, 5.41) is 8.98. The van der Waals surface area contributed by atoms with E-state index in [-0.39, 0.29) is 6.54 Å². The second-order valence-corrected chi connectivity index (χ2v) is 7.65. The lowest BCUT2D eigenvalue weighted by Crippen LogP contribution is -2.40. The van der Waals surface area contributed by atoms with Crippen molar-refractivity contribution in [1.29, 1.82) is 0 Å². The van der Waals surface area contributed by atoms with Crippen molar-refractivity contribution in [2.24, 2.45) is 10.9 Å². The van der Waals surface area contributed by atoms with Crippen LogP contribution >= 0.6 is 11.3 Å². The first-order chi connectivity index (χ1) is 12.4. The molecular weight excluding hydrogens is 363 g/mol. The van der Waals surface area contributed by atoms with Gasteiger partial charge in [-0.2, -0.15) is 13.2 Å². The summed E-state index contributed by atoms with van der Waals surface area (Å²) in [4.78, 5) is 11.4. The van der Waals surface area contributed by atoms with Gasteiger partial charge in [0.1, 0.15) is 0 Å². The fraction of sp³-hybridized carbons (Fsp3) is 0.765. The maximum atomic E-state index is 12.3. The number of rotatable bonds is 7. The van der Waals surface area contributed by atoms with Crippen molar-refractivity contribution < 1.29 is 13.2 Å². The molecule has 0 bridgehead atoms. The maximum absolute atomic E-state index is 12.3. The number of nitrogens with one attached hydrogen (secondary N) is 2. The lowest BCUT2D eigenvalue weighted by molar-refractivity contribution is -0.132. The van der Waals surface area contributed by atoms with Gasteiger partial charge >= 0.3 is 6.18 Å². The lowest BCUT2D eigenvalue weighted by atomic mass is 9.97. The molecule has 0 amide bonds. The van der Waals surface area contributed by atoms with Crippen LogP contribution in [0, 0.1) is 12.8 Å². The molecule has 2 N–H and O–H groups in total. The Labute approximate surface area is 157 Å². The van der Waals surface area contributed by atoms with Gasteiger partial charge in [0.25, 0.3) is 0 Å². The number of nitrogens with zero attached hydrogens (tertiary/aromatic N) is 3. The van der Waals surface area contributed by atoms with E-state index in [1.165, 1.54) is 0 Å². The monoisotopic (exact) mass is 391 g/mol. The molecular formula is C17H28F3N5S. The number of hydrogen-bond donors (Lipinski definition) is 2. The molecule has 2 rings (SSSR count). The molecule has 1 saturated heterocycles. The number of halogens is 3. The van der Waals surface area contributed by atoms with Gasteiger partial charge in [0.2, 0.25) is 0 Å². The molecule has 0 atom stereocenters. The SMILES string of the molecule is CCNC(=NCC1CCN(Cc2csc(C)n2)CC1)NCCC(F)(F)F. The highest BCUT2D eigenvalue weighted by molar-refractivity contribution is 7.09. The van der Waals surface area contributed by atoms with Crippen LogP contribution in [0.1, 0.15) is 36.9 Å². The summed E-state index contributed by atoms with van der Waals surface area (Å²) in [5.41, 5.74) is 1.13. The van der Waals surface area contributed by atoms with Crippen molar-refractivity contribution in [1.82, 2.24) is 20.5 Å². The first kappa shape index (κ1) is 21.0. The largest absolute Gasteiger partial charge is 0.390 e. The molecule has 1 aromatic rings. The first-order valence-corrected chi connectivity index (χ1v) is 9.96. The third kappa shape index (κ3) is 7.90. The Morgan fingerprint density at radius 1 is 1.35 bits per heavy atom. The van der Waals surface area contributed by atoms with Crippen LogP contribution in [0.3, 0.4) is 0 Å². The van der Waals surface area contributed by atoms with Crippen molar-refractivity contribution in [3.8, 4) is 0 Å². The summed E-state index contributed by atoms with van der Waals surface area (Å²) in [5.74, 6) is 0.943. The molecule has 0 spiro atoms. The van der Waals surface area contributed by atoms with Crippen molar-refractivity contribution in [3.63, 3.8) is 0 Å². The second kappa shape index (κ2) is 10.1. The van der Waals surface area contributed by atoms with Gasteiger partial charge < -0.3 is 10.6 Å². The van der Waals surface area contributed by atoms with Crippen LogP contribution in [0.25, 0.3) is 0 Å². The van der Waals surface area contributed by atoms with Gasteiger partial charge in [0.15, 0.2) is 5.96 Å². The van der Waals surface area contributed by atoms with Crippen LogP contribution in [0.2, 0.25) is 0 Å². The van der Waals surface area contributed by atoms with Gasteiger partial charge in [-0.1, -0.05) is 0 Å². The summed E-state index contributed by atoms with van der Waals surface area (Å²) in [6, 6.07) is 0. The average molecular weight is 392 g/mol. The third-order valence-corrected chi connectivity index (χ3v) is 5.13. The number of hydrogen-bond acceptors (Lipinski definition) is 4. The fourth-order valence-corrected chi connectivity index (χ4v) is 3.53. The van der Waals surface area contributed by atoms with Gasteiger partial charge in [-0.25, -0.2) is 4.98 Å². The van der Waals surface area contributed by atoms with E-state index in [1.54, 1.807) is 11.3 Å². The Morgan fingerprint density at radius 3 is 2.65 bits per heavy atom. The Morgan fingerprint density at radius 2 is 2.08 bits per heavy atom. The van der Waals surface area contributed by atoms with E-state index < -0.39 is 12.6 Å².